The number of nitrogens with zero attached hydrogens (tertiary/aromatic N) is 4. The van der Waals surface area contributed by atoms with Gasteiger partial charge in [-0.1, -0.05) is 22.4 Å². The van der Waals surface area contributed by atoms with E-state index in [0.717, 1.165) is 30.0 Å². The Balaban J connectivity index is 1.49. The van der Waals surface area contributed by atoms with Gasteiger partial charge in [-0.05, 0) is 24.6 Å². The zero-order valence-corrected chi connectivity index (χ0v) is 13.0. The Morgan fingerprint density at radius 1 is 1.17 bits per heavy atom. The zero-order valence-electron chi connectivity index (χ0n) is 13.0. The SMILES string of the molecule is Cc1nonc1CN1CCN(C(=O)Cc2ccc(F)cc2)CC1. The van der Waals surface area contributed by atoms with Crippen LogP contribution in [0.1, 0.15) is 17.0 Å². The van der Waals surface area contributed by atoms with Crippen molar-refractivity contribution < 1.29 is 13.8 Å². The number of amides is 1. The van der Waals surface area contributed by atoms with Crippen LogP contribution in [0.2, 0.25) is 0 Å². The molecule has 23 heavy (non-hydrogen) atoms. The summed E-state index contributed by atoms with van der Waals surface area (Å²) in [6.45, 7) is 5.52. The van der Waals surface area contributed by atoms with Crippen LogP contribution < -0.4 is 0 Å². The van der Waals surface area contributed by atoms with Crippen LogP contribution in [0, 0.1) is 12.7 Å². The molecule has 1 aliphatic heterocycles. The topological polar surface area (TPSA) is 62.5 Å². The Hall–Kier alpha value is -2.28. The summed E-state index contributed by atoms with van der Waals surface area (Å²) in [5, 5.41) is 7.66. The van der Waals surface area contributed by atoms with Gasteiger partial charge >= 0.3 is 0 Å². The predicted molar refractivity (Wildman–Crippen MR) is 81.0 cm³/mol. The normalized spacial score (nSPS) is 15.8. The second-order valence-corrected chi connectivity index (χ2v) is 5.76. The molecule has 1 aromatic heterocycles. The molecule has 0 N–H and O–H groups in total. The Labute approximate surface area is 133 Å². The van der Waals surface area contributed by atoms with Crippen LogP contribution in [0.4, 0.5) is 4.39 Å². The number of hydrogen-bond acceptors (Lipinski definition) is 5. The van der Waals surface area contributed by atoms with Crippen LogP contribution in [0.15, 0.2) is 28.9 Å². The summed E-state index contributed by atoms with van der Waals surface area (Å²) >= 11 is 0. The van der Waals surface area contributed by atoms with Gasteiger partial charge in [0.2, 0.25) is 5.91 Å². The molecule has 1 aliphatic rings. The van der Waals surface area contributed by atoms with E-state index in [1.54, 1.807) is 12.1 Å². The Morgan fingerprint density at radius 2 is 1.87 bits per heavy atom. The van der Waals surface area contributed by atoms with E-state index in [-0.39, 0.29) is 11.7 Å². The van der Waals surface area contributed by atoms with Crippen LogP contribution in [0.25, 0.3) is 0 Å². The van der Waals surface area contributed by atoms with E-state index in [4.69, 9.17) is 4.63 Å². The van der Waals surface area contributed by atoms with Crippen molar-refractivity contribution in [1.82, 2.24) is 20.1 Å². The number of carbonyl (C=O) groups is 1. The van der Waals surface area contributed by atoms with E-state index in [0.29, 0.717) is 26.1 Å². The molecule has 0 radical (unpaired) electrons. The Kier molecular flexibility index (Phi) is 4.66. The number of piperazine rings is 1. The minimum atomic E-state index is -0.285. The predicted octanol–water partition coefficient (Wildman–Crippen LogP) is 1.40. The van der Waals surface area contributed by atoms with E-state index in [2.05, 4.69) is 15.2 Å². The highest BCUT2D eigenvalue weighted by molar-refractivity contribution is 5.78. The first-order valence-corrected chi connectivity index (χ1v) is 7.64. The fourth-order valence-corrected chi connectivity index (χ4v) is 2.65. The fraction of sp³-hybridized carbons (Fsp3) is 0.438. The smallest absolute Gasteiger partial charge is 0.227 e. The maximum absolute atomic E-state index is 12.9. The summed E-state index contributed by atoms with van der Waals surface area (Å²) in [5.41, 5.74) is 2.49. The summed E-state index contributed by atoms with van der Waals surface area (Å²) in [7, 11) is 0. The molecule has 1 saturated heterocycles. The number of halogens is 1. The van der Waals surface area contributed by atoms with Gasteiger partial charge in [0.05, 0.1) is 6.42 Å². The van der Waals surface area contributed by atoms with Crippen molar-refractivity contribution in [3.63, 3.8) is 0 Å². The molecule has 1 amide bonds. The van der Waals surface area contributed by atoms with Crippen molar-refractivity contribution >= 4 is 5.91 Å². The van der Waals surface area contributed by atoms with Gasteiger partial charge in [-0.15, -0.1) is 0 Å². The molecule has 3 rings (SSSR count). The highest BCUT2D eigenvalue weighted by atomic mass is 19.1. The van der Waals surface area contributed by atoms with Crippen LogP contribution in [-0.2, 0) is 17.8 Å². The first-order chi connectivity index (χ1) is 11.1. The fourth-order valence-electron chi connectivity index (χ4n) is 2.65. The van der Waals surface area contributed by atoms with E-state index < -0.39 is 0 Å². The van der Waals surface area contributed by atoms with Gasteiger partial charge in [-0.2, -0.15) is 0 Å². The van der Waals surface area contributed by atoms with Crippen LogP contribution in [-0.4, -0.2) is 52.2 Å². The molecule has 1 aromatic carbocycles. The molecule has 1 fully saturated rings. The molecule has 0 saturated carbocycles. The summed E-state index contributed by atoms with van der Waals surface area (Å²) < 4.78 is 17.6. The molecular formula is C16H19FN4O2. The molecule has 0 unspecified atom stereocenters. The number of aryl methyl sites for hydroxylation is 1. The van der Waals surface area contributed by atoms with E-state index in [1.165, 1.54) is 12.1 Å². The van der Waals surface area contributed by atoms with Crippen LogP contribution in [0.5, 0.6) is 0 Å². The molecule has 122 valence electrons. The zero-order chi connectivity index (χ0) is 16.2. The summed E-state index contributed by atoms with van der Waals surface area (Å²) in [6.07, 6.45) is 0.312. The Morgan fingerprint density at radius 3 is 2.48 bits per heavy atom. The third-order valence-corrected chi connectivity index (χ3v) is 4.11. The number of rotatable bonds is 4. The molecule has 0 aliphatic carbocycles. The molecule has 2 aromatic rings. The largest absolute Gasteiger partial charge is 0.340 e. The first-order valence-electron chi connectivity index (χ1n) is 7.64. The summed E-state index contributed by atoms with van der Waals surface area (Å²) in [4.78, 5) is 16.4. The van der Waals surface area contributed by atoms with Crippen LogP contribution in [0.3, 0.4) is 0 Å². The number of carbonyl (C=O) groups excluding carboxylic acids is 1. The molecule has 0 atom stereocenters. The van der Waals surface area contributed by atoms with Crippen molar-refractivity contribution in [3.05, 3.63) is 47.0 Å². The lowest BCUT2D eigenvalue weighted by Gasteiger charge is -2.34. The second-order valence-electron chi connectivity index (χ2n) is 5.76. The average molecular weight is 318 g/mol. The monoisotopic (exact) mass is 318 g/mol. The lowest BCUT2D eigenvalue weighted by atomic mass is 10.1. The standard InChI is InChI=1S/C16H19FN4O2/c1-12-15(19-23-18-12)11-20-6-8-21(9-7-20)16(22)10-13-2-4-14(17)5-3-13/h2-5H,6-11H2,1H3. The minimum absolute atomic E-state index is 0.0792. The first kappa shape index (κ1) is 15.6. The number of hydrogen-bond donors (Lipinski definition) is 0. The lowest BCUT2D eigenvalue weighted by Crippen LogP contribution is -2.48. The highest BCUT2D eigenvalue weighted by Gasteiger charge is 2.22. The van der Waals surface area contributed by atoms with Crippen molar-refractivity contribution in [2.45, 2.75) is 19.9 Å². The Bertz CT molecular complexity index is 663. The maximum atomic E-state index is 12.9. The summed E-state index contributed by atoms with van der Waals surface area (Å²) in [5.74, 6) is -0.206. The van der Waals surface area contributed by atoms with Gasteiger partial charge in [0.15, 0.2) is 0 Å². The summed E-state index contributed by atoms with van der Waals surface area (Å²) in [6, 6.07) is 6.08. The van der Waals surface area contributed by atoms with Gasteiger partial charge < -0.3 is 4.90 Å². The third-order valence-electron chi connectivity index (χ3n) is 4.11. The molecular weight excluding hydrogens is 299 g/mol. The van der Waals surface area contributed by atoms with E-state index in [9.17, 15) is 9.18 Å². The lowest BCUT2D eigenvalue weighted by molar-refractivity contribution is -0.132. The molecule has 0 spiro atoms. The highest BCUT2D eigenvalue weighted by Crippen LogP contribution is 2.11. The van der Waals surface area contributed by atoms with E-state index >= 15 is 0 Å². The average Bonchev–Trinajstić information content (AvgIpc) is 2.95. The second kappa shape index (κ2) is 6.87. The van der Waals surface area contributed by atoms with Crippen molar-refractivity contribution in [3.8, 4) is 0 Å². The minimum Gasteiger partial charge on any atom is -0.340 e. The van der Waals surface area contributed by atoms with Gasteiger partial charge in [0.25, 0.3) is 0 Å². The molecule has 0 bridgehead atoms. The third kappa shape index (κ3) is 3.92. The van der Waals surface area contributed by atoms with Crippen molar-refractivity contribution in [2.75, 3.05) is 26.2 Å². The van der Waals surface area contributed by atoms with Crippen LogP contribution >= 0.6 is 0 Å². The van der Waals surface area contributed by atoms with Crippen molar-refractivity contribution in [1.29, 1.82) is 0 Å². The van der Waals surface area contributed by atoms with Gasteiger partial charge in [-0.3, -0.25) is 9.69 Å². The molecule has 2 heterocycles. The number of aromatic nitrogens is 2. The van der Waals surface area contributed by atoms with Gasteiger partial charge in [0, 0.05) is 32.7 Å². The van der Waals surface area contributed by atoms with Gasteiger partial charge in [0.1, 0.15) is 17.2 Å². The number of benzene rings is 1. The molecule has 6 nitrogen and oxygen atoms in total. The van der Waals surface area contributed by atoms with E-state index in [1.807, 2.05) is 11.8 Å². The molecule has 7 heteroatoms. The maximum Gasteiger partial charge on any atom is 0.227 e. The van der Waals surface area contributed by atoms with Crippen molar-refractivity contribution in [2.24, 2.45) is 0 Å². The quantitative estimate of drug-likeness (QED) is 0.853. The van der Waals surface area contributed by atoms with Gasteiger partial charge in [-0.25, -0.2) is 9.02 Å².